The van der Waals surface area contributed by atoms with Crippen molar-refractivity contribution in [2.45, 2.75) is 0 Å². The van der Waals surface area contributed by atoms with E-state index in [1.165, 1.54) is 0 Å². The maximum Gasteiger partial charge on any atom is 0.255 e. The van der Waals surface area contributed by atoms with Crippen molar-refractivity contribution in [3.63, 3.8) is 0 Å². The lowest BCUT2D eigenvalue weighted by molar-refractivity contribution is 0.369. The fourth-order valence-electron chi connectivity index (χ4n) is 0.124. The van der Waals surface area contributed by atoms with Crippen LogP contribution in [-0.4, -0.2) is 11.1 Å². The van der Waals surface area contributed by atoms with E-state index in [9.17, 15) is 0 Å². The van der Waals surface area contributed by atoms with Gasteiger partial charge in [0.15, 0.2) is 0 Å². The molecule has 0 aromatic rings. The van der Waals surface area contributed by atoms with Crippen molar-refractivity contribution in [2.75, 3.05) is 6.61 Å². The van der Waals surface area contributed by atoms with Gasteiger partial charge in [-0.05, 0) is 23.8 Å². The fraction of sp³-hybridized carbons (Fsp3) is 0.250. The van der Waals surface area contributed by atoms with Crippen LogP contribution in [0.4, 0.5) is 0 Å². The monoisotopic (exact) mass is 136 g/mol. The zero-order valence-corrected chi connectivity index (χ0v) is 5.26. The van der Waals surface area contributed by atoms with E-state index in [4.69, 9.17) is 11.6 Å². The Balaban J connectivity index is 2.97. The van der Waals surface area contributed by atoms with Gasteiger partial charge in [0.05, 0.1) is 0 Å². The molecule has 0 saturated carbocycles. The highest BCUT2D eigenvalue weighted by Crippen LogP contribution is 1.85. The van der Waals surface area contributed by atoms with Crippen LogP contribution in [0.1, 0.15) is 0 Å². The maximum atomic E-state index is 5.12. The minimum atomic E-state index is 0.0416. The highest BCUT2D eigenvalue weighted by molar-refractivity contribution is 7.82. The minimum absolute atomic E-state index is 0.0416. The van der Waals surface area contributed by atoms with Gasteiger partial charge in [-0.3, -0.25) is 0 Å². The Labute approximate surface area is 52.9 Å². The van der Waals surface area contributed by atoms with Gasteiger partial charge >= 0.3 is 0 Å². The van der Waals surface area contributed by atoms with Crippen LogP contribution in [0.3, 0.4) is 0 Å². The van der Waals surface area contributed by atoms with Crippen LogP contribution < -0.4 is 0 Å². The molecular weight excluding hydrogens is 132 g/mol. The molecule has 0 N–H and O–H groups in total. The van der Waals surface area contributed by atoms with Gasteiger partial charge in [0, 0.05) is 0 Å². The van der Waals surface area contributed by atoms with Crippen molar-refractivity contribution in [2.24, 2.45) is 0 Å². The summed E-state index contributed by atoms with van der Waals surface area (Å²) in [6.45, 7) is 3.78. The van der Waals surface area contributed by atoms with Gasteiger partial charge in [-0.2, -0.15) is 0 Å². The highest BCUT2D eigenvalue weighted by atomic mass is 35.5. The summed E-state index contributed by atoms with van der Waals surface area (Å²) in [7, 11) is 0. The molecule has 0 atom stereocenters. The van der Waals surface area contributed by atoms with E-state index in [1.54, 1.807) is 6.08 Å². The standard InChI is InChI=1S/C4H5ClOS/c1-2-3-6-4(5)7/h2H,1,3H2. The SMILES string of the molecule is C=CCOC(=S)Cl. The second-order valence-electron chi connectivity index (χ2n) is 0.837. The third-order valence-electron chi connectivity index (χ3n) is 0.315. The van der Waals surface area contributed by atoms with Gasteiger partial charge in [-0.25, -0.2) is 0 Å². The summed E-state index contributed by atoms with van der Waals surface area (Å²) >= 11 is 9.47. The van der Waals surface area contributed by atoms with Crippen molar-refractivity contribution in [3.05, 3.63) is 12.7 Å². The summed E-state index contributed by atoms with van der Waals surface area (Å²) in [6, 6.07) is 0. The lowest BCUT2D eigenvalue weighted by Crippen LogP contribution is -1.90. The van der Waals surface area contributed by atoms with E-state index in [1.807, 2.05) is 0 Å². The van der Waals surface area contributed by atoms with Crippen molar-refractivity contribution in [3.8, 4) is 0 Å². The van der Waals surface area contributed by atoms with Gasteiger partial charge in [0.1, 0.15) is 6.61 Å². The molecule has 0 radical (unpaired) electrons. The molecule has 0 bridgehead atoms. The zero-order chi connectivity index (χ0) is 5.70. The number of ether oxygens (including phenoxy) is 1. The maximum absolute atomic E-state index is 5.12. The second-order valence-corrected chi connectivity index (χ2v) is 1.78. The van der Waals surface area contributed by atoms with Crippen LogP contribution in [0.2, 0.25) is 0 Å². The minimum Gasteiger partial charge on any atom is -0.471 e. The zero-order valence-electron chi connectivity index (χ0n) is 3.69. The topological polar surface area (TPSA) is 9.23 Å². The molecule has 7 heavy (non-hydrogen) atoms. The molecule has 40 valence electrons. The normalized spacial score (nSPS) is 7.57. The van der Waals surface area contributed by atoms with Crippen LogP contribution in [0.15, 0.2) is 12.7 Å². The van der Waals surface area contributed by atoms with Crippen molar-refractivity contribution < 1.29 is 4.74 Å². The highest BCUT2D eigenvalue weighted by Gasteiger charge is 1.81. The third-order valence-corrected chi connectivity index (χ3v) is 0.542. The Morgan fingerprint density at radius 1 is 2.00 bits per heavy atom. The summed E-state index contributed by atoms with van der Waals surface area (Å²) in [5.41, 5.74) is 0. The van der Waals surface area contributed by atoms with Gasteiger partial charge in [-0.1, -0.05) is 12.7 Å². The average molecular weight is 137 g/mol. The summed E-state index contributed by atoms with van der Waals surface area (Å²) in [6.07, 6.45) is 1.58. The average Bonchev–Trinajstić information content (AvgIpc) is 1.61. The van der Waals surface area contributed by atoms with Gasteiger partial charge in [-0.15, -0.1) is 0 Å². The molecule has 0 rings (SSSR count). The van der Waals surface area contributed by atoms with E-state index < -0.39 is 0 Å². The largest absolute Gasteiger partial charge is 0.471 e. The van der Waals surface area contributed by atoms with Gasteiger partial charge in [0.25, 0.3) is 4.51 Å². The summed E-state index contributed by atoms with van der Waals surface area (Å²) in [5, 5.41) is 0. The van der Waals surface area contributed by atoms with Gasteiger partial charge < -0.3 is 4.74 Å². The molecule has 0 aromatic heterocycles. The first kappa shape index (κ1) is 6.92. The molecule has 0 aliphatic heterocycles. The molecule has 0 fully saturated rings. The Hall–Kier alpha value is -0.0800. The smallest absolute Gasteiger partial charge is 0.255 e. The molecule has 0 unspecified atom stereocenters. The van der Waals surface area contributed by atoms with Crippen molar-refractivity contribution in [1.82, 2.24) is 0 Å². The van der Waals surface area contributed by atoms with E-state index in [2.05, 4.69) is 23.5 Å². The molecular formula is C4H5ClOS. The Morgan fingerprint density at radius 2 is 2.57 bits per heavy atom. The molecule has 0 aliphatic carbocycles. The second kappa shape index (κ2) is 4.09. The quantitative estimate of drug-likeness (QED) is 0.325. The Kier molecular flexibility index (Phi) is 4.04. The molecule has 0 amide bonds. The van der Waals surface area contributed by atoms with Crippen LogP contribution in [0.5, 0.6) is 0 Å². The molecule has 0 heterocycles. The van der Waals surface area contributed by atoms with Crippen molar-refractivity contribution in [1.29, 1.82) is 0 Å². The fourth-order valence-corrected chi connectivity index (χ4v) is 0.255. The molecule has 0 aromatic carbocycles. The molecule has 0 spiro atoms. The van der Waals surface area contributed by atoms with Gasteiger partial charge in [0.2, 0.25) is 0 Å². The number of rotatable bonds is 2. The Morgan fingerprint density at radius 3 is 2.71 bits per heavy atom. The number of halogens is 1. The molecule has 0 aliphatic rings. The van der Waals surface area contributed by atoms with Crippen molar-refractivity contribution >= 4 is 28.3 Å². The van der Waals surface area contributed by atoms with E-state index in [-0.39, 0.29) is 4.51 Å². The number of thiocarbonyl (C=S) groups is 1. The summed E-state index contributed by atoms with van der Waals surface area (Å²) in [4.78, 5) is 0. The predicted molar refractivity (Wildman–Crippen MR) is 34.6 cm³/mol. The summed E-state index contributed by atoms with van der Waals surface area (Å²) < 4.78 is 4.61. The summed E-state index contributed by atoms with van der Waals surface area (Å²) in [5.74, 6) is 0. The molecule has 1 nitrogen and oxygen atoms in total. The number of hydrogen-bond donors (Lipinski definition) is 0. The first-order chi connectivity index (χ1) is 3.27. The predicted octanol–water partition coefficient (Wildman–Crippen LogP) is 1.71. The number of hydrogen-bond acceptors (Lipinski definition) is 2. The lowest BCUT2D eigenvalue weighted by Gasteiger charge is -1.91. The lowest BCUT2D eigenvalue weighted by atomic mass is 10.7. The van der Waals surface area contributed by atoms with Crippen LogP contribution in [-0.2, 0) is 4.74 Å². The first-order valence-electron chi connectivity index (χ1n) is 1.70. The molecule has 3 heteroatoms. The van der Waals surface area contributed by atoms with E-state index in [0.29, 0.717) is 6.61 Å². The Bertz CT molecular complexity index is 81.8. The molecule has 0 saturated heterocycles. The van der Waals surface area contributed by atoms with E-state index >= 15 is 0 Å². The first-order valence-corrected chi connectivity index (χ1v) is 2.49. The van der Waals surface area contributed by atoms with Crippen LogP contribution in [0, 0.1) is 0 Å². The van der Waals surface area contributed by atoms with Crippen LogP contribution >= 0.6 is 23.8 Å². The van der Waals surface area contributed by atoms with E-state index in [0.717, 1.165) is 0 Å². The van der Waals surface area contributed by atoms with Crippen LogP contribution in [0.25, 0.3) is 0 Å². The third kappa shape index (κ3) is 5.92.